The van der Waals surface area contributed by atoms with Crippen molar-refractivity contribution in [1.82, 2.24) is 4.98 Å². The maximum Gasteiger partial charge on any atom is 0.138 e. The second kappa shape index (κ2) is 6.01. The van der Waals surface area contributed by atoms with E-state index >= 15 is 0 Å². The molecule has 1 aromatic heterocycles. The van der Waals surface area contributed by atoms with Crippen molar-refractivity contribution in [2.75, 3.05) is 0 Å². The minimum absolute atomic E-state index is 0.118. The van der Waals surface area contributed by atoms with E-state index < -0.39 is 5.60 Å². The largest absolute Gasteiger partial charge is 0.489 e. The maximum absolute atomic E-state index is 10.6. The minimum atomic E-state index is -0.780. The van der Waals surface area contributed by atoms with Gasteiger partial charge in [-0.1, -0.05) is 20.3 Å². The van der Waals surface area contributed by atoms with Crippen LogP contribution in [0.15, 0.2) is 18.5 Å². The van der Waals surface area contributed by atoms with Gasteiger partial charge in [0.2, 0.25) is 0 Å². The zero-order valence-electron chi connectivity index (χ0n) is 11.2. The van der Waals surface area contributed by atoms with Crippen molar-refractivity contribution in [3.05, 3.63) is 24.0 Å². The molecule has 0 bridgehead atoms. The van der Waals surface area contributed by atoms with Crippen LogP contribution in [0.2, 0.25) is 0 Å². The van der Waals surface area contributed by atoms with Crippen molar-refractivity contribution in [3.8, 4) is 5.75 Å². The molecule has 0 fully saturated rings. The minimum Gasteiger partial charge on any atom is -0.489 e. The Bertz CT molecular complexity index is 352. The summed E-state index contributed by atoms with van der Waals surface area (Å²) in [5.41, 5.74) is 0.0676. The molecule has 0 aliphatic heterocycles. The number of nitrogens with zero attached hydrogens (tertiary/aromatic N) is 1. The Hall–Kier alpha value is -1.09. The number of hydrogen-bond donors (Lipinski definition) is 1. The number of aromatic nitrogens is 1. The molecular weight excluding hydrogens is 214 g/mol. The molecule has 96 valence electrons. The van der Waals surface area contributed by atoms with Crippen LogP contribution in [0, 0.1) is 0 Å². The molecule has 3 nitrogen and oxygen atoms in total. The van der Waals surface area contributed by atoms with E-state index in [1.807, 2.05) is 26.8 Å². The van der Waals surface area contributed by atoms with Crippen LogP contribution in [0.4, 0.5) is 0 Å². The fraction of sp³-hybridized carbons (Fsp3) is 0.643. The highest BCUT2D eigenvalue weighted by molar-refractivity contribution is 5.28. The molecular formula is C14H23NO2. The number of pyridine rings is 1. The predicted octanol–water partition coefficient (Wildman–Crippen LogP) is 3.27. The van der Waals surface area contributed by atoms with E-state index in [0.29, 0.717) is 6.42 Å². The maximum atomic E-state index is 10.6. The molecule has 1 N–H and O–H groups in total. The summed E-state index contributed by atoms with van der Waals surface area (Å²) in [5, 5.41) is 10.6. The second-order valence-electron chi connectivity index (χ2n) is 4.71. The molecule has 0 aliphatic carbocycles. The molecule has 0 spiro atoms. The zero-order chi connectivity index (χ0) is 12.9. The van der Waals surface area contributed by atoms with Crippen LogP contribution in [0.3, 0.4) is 0 Å². The molecule has 0 radical (unpaired) electrons. The first-order chi connectivity index (χ1) is 8.01. The Balaban J connectivity index is 2.96. The average Bonchev–Trinajstić information content (AvgIpc) is 2.28. The van der Waals surface area contributed by atoms with E-state index in [1.165, 1.54) is 0 Å². The lowest BCUT2D eigenvalue weighted by molar-refractivity contribution is 0.0219. The van der Waals surface area contributed by atoms with Gasteiger partial charge in [0.1, 0.15) is 5.75 Å². The molecule has 0 aromatic carbocycles. The lowest BCUT2D eigenvalue weighted by Gasteiger charge is -2.27. The van der Waals surface area contributed by atoms with Crippen LogP contribution in [0.1, 0.15) is 52.5 Å². The van der Waals surface area contributed by atoms with Crippen molar-refractivity contribution in [1.29, 1.82) is 0 Å². The van der Waals surface area contributed by atoms with Crippen molar-refractivity contribution < 1.29 is 9.84 Å². The zero-order valence-corrected chi connectivity index (χ0v) is 11.2. The van der Waals surface area contributed by atoms with Crippen LogP contribution >= 0.6 is 0 Å². The lowest BCUT2D eigenvalue weighted by atomic mass is 9.88. The molecule has 3 heteroatoms. The molecule has 0 saturated carbocycles. The van der Waals surface area contributed by atoms with Gasteiger partial charge in [0.25, 0.3) is 0 Å². The summed E-state index contributed by atoms with van der Waals surface area (Å²) in [5.74, 6) is 0.723. The summed E-state index contributed by atoms with van der Waals surface area (Å²) >= 11 is 0. The summed E-state index contributed by atoms with van der Waals surface area (Å²) in [6, 6.07) is 1.90. The van der Waals surface area contributed by atoms with Gasteiger partial charge in [0.05, 0.1) is 17.9 Å². The number of rotatable bonds is 6. The van der Waals surface area contributed by atoms with E-state index in [2.05, 4.69) is 11.9 Å². The van der Waals surface area contributed by atoms with Gasteiger partial charge >= 0.3 is 0 Å². The van der Waals surface area contributed by atoms with E-state index in [9.17, 15) is 5.11 Å². The fourth-order valence-electron chi connectivity index (χ4n) is 1.95. The molecule has 1 aromatic rings. The third-order valence-electron chi connectivity index (χ3n) is 2.87. The fourth-order valence-corrected chi connectivity index (χ4v) is 1.95. The Kier molecular flexibility index (Phi) is 4.94. The van der Waals surface area contributed by atoms with Gasteiger partial charge < -0.3 is 9.84 Å². The van der Waals surface area contributed by atoms with Gasteiger partial charge in [-0.15, -0.1) is 0 Å². The highest BCUT2D eigenvalue weighted by atomic mass is 16.5. The quantitative estimate of drug-likeness (QED) is 0.825. The topological polar surface area (TPSA) is 42.4 Å². The van der Waals surface area contributed by atoms with Crippen molar-refractivity contribution in [3.63, 3.8) is 0 Å². The SMILES string of the molecule is CCCC(O)(CC)c1cncc(OC(C)C)c1. The highest BCUT2D eigenvalue weighted by Crippen LogP contribution is 2.31. The normalized spacial score (nSPS) is 14.7. The molecule has 0 saturated heterocycles. The summed E-state index contributed by atoms with van der Waals surface area (Å²) in [6.45, 7) is 8.02. The third kappa shape index (κ3) is 3.70. The Morgan fingerprint density at radius 2 is 2.06 bits per heavy atom. The van der Waals surface area contributed by atoms with Gasteiger partial charge in [0, 0.05) is 11.8 Å². The monoisotopic (exact) mass is 237 g/mol. The first-order valence-electron chi connectivity index (χ1n) is 6.36. The van der Waals surface area contributed by atoms with Gasteiger partial charge in [-0.2, -0.15) is 0 Å². The second-order valence-corrected chi connectivity index (χ2v) is 4.71. The van der Waals surface area contributed by atoms with Crippen molar-refractivity contribution >= 4 is 0 Å². The summed E-state index contributed by atoms with van der Waals surface area (Å²) in [4.78, 5) is 4.15. The Morgan fingerprint density at radius 3 is 2.59 bits per heavy atom. The van der Waals surface area contributed by atoms with Crippen LogP contribution in [0.25, 0.3) is 0 Å². The highest BCUT2D eigenvalue weighted by Gasteiger charge is 2.26. The molecule has 0 aliphatic rings. The predicted molar refractivity (Wildman–Crippen MR) is 69.1 cm³/mol. The van der Waals surface area contributed by atoms with Gasteiger partial charge in [-0.25, -0.2) is 0 Å². The summed E-state index contributed by atoms with van der Waals surface area (Å²) in [6.07, 6.45) is 5.91. The van der Waals surface area contributed by atoms with E-state index in [4.69, 9.17) is 4.74 Å². The Labute approximate surface area is 104 Å². The standard InChI is InChI=1S/C14H23NO2/c1-5-7-14(16,6-2)12-8-13(10-15-9-12)17-11(3)4/h8-11,16H,5-7H2,1-4H3. The molecule has 1 atom stereocenters. The van der Waals surface area contributed by atoms with Gasteiger partial charge in [0.15, 0.2) is 0 Å². The third-order valence-corrected chi connectivity index (χ3v) is 2.87. The first-order valence-corrected chi connectivity index (χ1v) is 6.36. The number of aliphatic hydroxyl groups is 1. The smallest absolute Gasteiger partial charge is 0.138 e. The van der Waals surface area contributed by atoms with Crippen molar-refractivity contribution in [2.45, 2.75) is 58.7 Å². The van der Waals surface area contributed by atoms with E-state index in [-0.39, 0.29) is 6.10 Å². The summed E-state index contributed by atoms with van der Waals surface area (Å²) < 4.78 is 5.60. The molecule has 1 rings (SSSR count). The lowest BCUT2D eigenvalue weighted by Crippen LogP contribution is -2.24. The first kappa shape index (κ1) is 14.0. The molecule has 1 unspecified atom stereocenters. The molecule has 17 heavy (non-hydrogen) atoms. The molecule has 1 heterocycles. The van der Waals surface area contributed by atoms with Gasteiger partial charge in [-0.3, -0.25) is 4.98 Å². The van der Waals surface area contributed by atoms with Crippen LogP contribution in [-0.4, -0.2) is 16.2 Å². The summed E-state index contributed by atoms with van der Waals surface area (Å²) in [7, 11) is 0. The van der Waals surface area contributed by atoms with Crippen molar-refractivity contribution in [2.24, 2.45) is 0 Å². The van der Waals surface area contributed by atoms with E-state index in [1.54, 1.807) is 12.4 Å². The van der Waals surface area contributed by atoms with Crippen LogP contribution in [0.5, 0.6) is 5.75 Å². The number of ether oxygens (including phenoxy) is 1. The Morgan fingerprint density at radius 1 is 1.35 bits per heavy atom. The van der Waals surface area contributed by atoms with Gasteiger partial charge in [-0.05, 0) is 32.8 Å². The van der Waals surface area contributed by atoms with E-state index in [0.717, 1.165) is 24.2 Å². The number of hydrogen-bond acceptors (Lipinski definition) is 3. The average molecular weight is 237 g/mol. The van der Waals surface area contributed by atoms with Crippen LogP contribution < -0.4 is 4.74 Å². The molecule has 0 amide bonds. The van der Waals surface area contributed by atoms with Crippen LogP contribution in [-0.2, 0) is 5.60 Å².